The molecule has 0 aliphatic heterocycles. The molecule has 0 radical (unpaired) electrons. The van der Waals surface area contributed by atoms with Crippen LogP contribution in [0.1, 0.15) is 25.7 Å². The summed E-state index contributed by atoms with van der Waals surface area (Å²) in [7, 11) is 3.35. The molecular weight excluding hydrogens is 226 g/mol. The lowest BCUT2D eigenvalue weighted by atomic mass is 9.95. The molecule has 2 aliphatic carbocycles. The van der Waals surface area contributed by atoms with Gasteiger partial charge in [0.25, 0.3) is 0 Å². The zero-order chi connectivity index (χ0) is 12.5. The molecule has 0 amide bonds. The molecule has 0 unspecified atom stereocenters. The summed E-state index contributed by atoms with van der Waals surface area (Å²) >= 11 is 0. The molecular formula is C15H21NO2. The summed E-state index contributed by atoms with van der Waals surface area (Å²) < 4.78 is 10.6. The summed E-state index contributed by atoms with van der Waals surface area (Å²) in [4.78, 5) is 0. The van der Waals surface area contributed by atoms with Crippen LogP contribution in [0, 0.1) is 11.8 Å². The summed E-state index contributed by atoms with van der Waals surface area (Å²) in [6, 6.07) is 6.73. The third-order valence-electron chi connectivity index (χ3n) is 4.47. The van der Waals surface area contributed by atoms with Crippen LogP contribution in [0.3, 0.4) is 0 Å². The van der Waals surface area contributed by atoms with Gasteiger partial charge in [0, 0.05) is 17.8 Å². The molecule has 3 atom stereocenters. The molecule has 98 valence electrons. The Bertz CT molecular complexity index is 433. The second-order valence-electron chi connectivity index (χ2n) is 5.50. The van der Waals surface area contributed by atoms with Crippen LogP contribution in [-0.2, 0) is 0 Å². The SMILES string of the molecule is COc1ccc(N[C@@H]2C[C@H]3CC[C@@H]2C3)cc1OC. The molecule has 0 aromatic heterocycles. The van der Waals surface area contributed by atoms with Crippen LogP contribution in [0.25, 0.3) is 0 Å². The van der Waals surface area contributed by atoms with E-state index in [9.17, 15) is 0 Å². The monoisotopic (exact) mass is 247 g/mol. The fourth-order valence-corrected chi connectivity index (χ4v) is 3.56. The van der Waals surface area contributed by atoms with Gasteiger partial charge in [-0.25, -0.2) is 0 Å². The molecule has 2 fully saturated rings. The van der Waals surface area contributed by atoms with Gasteiger partial charge in [0.2, 0.25) is 0 Å². The van der Waals surface area contributed by atoms with E-state index in [1.54, 1.807) is 14.2 Å². The average Bonchev–Trinajstić information content (AvgIpc) is 3.01. The minimum Gasteiger partial charge on any atom is -0.493 e. The van der Waals surface area contributed by atoms with E-state index in [0.29, 0.717) is 6.04 Å². The Morgan fingerprint density at radius 1 is 1.06 bits per heavy atom. The fraction of sp³-hybridized carbons (Fsp3) is 0.600. The Kier molecular flexibility index (Phi) is 3.06. The minimum atomic E-state index is 0.654. The van der Waals surface area contributed by atoms with Crippen molar-refractivity contribution in [2.75, 3.05) is 19.5 Å². The van der Waals surface area contributed by atoms with E-state index in [1.807, 2.05) is 12.1 Å². The number of rotatable bonds is 4. The first-order chi connectivity index (χ1) is 8.80. The average molecular weight is 247 g/mol. The predicted octanol–water partition coefficient (Wildman–Crippen LogP) is 3.30. The molecule has 1 N–H and O–H groups in total. The molecule has 1 aromatic carbocycles. The van der Waals surface area contributed by atoms with Crippen molar-refractivity contribution in [3.05, 3.63) is 18.2 Å². The Labute approximate surface area is 108 Å². The first-order valence-electron chi connectivity index (χ1n) is 6.78. The maximum atomic E-state index is 5.34. The topological polar surface area (TPSA) is 30.5 Å². The van der Waals surface area contributed by atoms with Crippen molar-refractivity contribution in [3.8, 4) is 11.5 Å². The Morgan fingerprint density at radius 3 is 2.50 bits per heavy atom. The van der Waals surface area contributed by atoms with Gasteiger partial charge in [-0.2, -0.15) is 0 Å². The highest BCUT2D eigenvalue weighted by Crippen LogP contribution is 2.45. The van der Waals surface area contributed by atoms with E-state index in [1.165, 1.54) is 25.7 Å². The van der Waals surface area contributed by atoms with Crippen LogP contribution >= 0.6 is 0 Å². The third kappa shape index (κ3) is 2.02. The van der Waals surface area contributed by atoms with Crippen molar-refractivity contribution in [2.45, 2.75) is 31.7 Å². The Morgan fingerprint density at radius 2 is 1.89 bits per heavy atom. The molecule has 2 aliphatic rings. The van der Waals surface area contributed by atoms with Crippen molar-refractivity contribution in [1.29, 1.82) is 0 Å². The summed E-state index contributed by atoms with van der Waals surface area (Å²) in [5.74, 6) is 3.43. The molecule has 0 saturated heterocycles. The van der Waals surface area contributed by atoms with E-state index < -0.39 is 0 Å². The van der Waals surface area contributed by atoms with Crippen molar-refractivity contribution in [1.82, 2.24) is 0 Å². The van der Waals surface area contributed by atoms with Gasteiger partial charge in [0.15, 0.2) is 11.5 Å². The van der Waals surface area contributed by atoms with Gasteiger partial charge in [0.05, 0.1) is 14.2 Å². The lowest BCUT2D eigenvalue weighted by Gasteiger charge is -2.24. The smallest absolute Gasteiger partial charge is 0.162 e. The largest absolute Gasteiger partial charge is 0.493 e. The maximum absolute atomic E-state index is 5.34. The summed E-state index contributed by atoms with van der Waals surface area (Å²) in [6.07, 6.45) is 5.59. The van der Waals surface area contributed by atoms with Gasteiger partial charge >= 0.3 is 0 Å². The van der Waals surface area contributed by atoms with Gasteiger partial charge in [0.1, 0.15) is 0 Å². The van der Waals surface area contributed by atoms with Gasteiger partial charge in [-0.1, -0.05) is 6.42 Å². The highest BCUT2D eigenvalue weighted by atomic mass is 16.5. The molecule has 1 aromatic rings. The number of anilines is 1. The van der Waals surface area contributed by atoms with Crippen molar-refractivity contribution < 1.29 is 9.47 Å². The van der Waals surface area contributed by atoms with Crippen LogP contribution in [-0.4, -0.2) is 20.3 Å². The van der Waals surface area contributed by atoms with Gasteiger partial charge in [-0.05, 0) is 43.2 Å². The Balaban J connectivity index is 1.73. The molecule has 3 rings (SSSR count). The van der Waals surface area contributed by atoms with Gasteiger partial charge in [-0.15, -0.1) is 0 Å². The quantitative estimate of drug-likeness (QED) is 0.885. The highest BCUT2D eigenvalue weighted by Gasteiger charge is 2.39. The van der Waals surface area contributed by atoms with Gasteiger partial charge < -0.3 is 14.8 Å². The lowest BCUT2D eigenvalue weighted by molar-refractivity contribution is 0.355. The number of hydrogen-bond acceptors (Lipinski definition) is 3. The molecule has 3 nitrogen and oxygen atoms in total. The molecule has 3 heteroatoms. The summed E-state index contributed by atoms with van der Waals surface area (Å²) in [6.45, 7) is 0. The van der Waals surface area contributed by atoms with Crippen LogP contribution in [0.5, 0.6) is 11.5 Å². The number of fused-ring (bicyclic) bond motifs is 2. The van der Waals surface area contributed by atoms with Crippen molar-refractivity contribution in [3.63, 3.8) is 0 Å². The van der Waals surface area contributed by atoms with E-state index >= 15 is 0 Å². The minimum absolute atomic E-state index is 0.654. The zero-order valence-electron chi connectivity index (χ0n) is 11.1. The van der Waals surface area contributed by atoms with E-state index in [0.717, 1.165) is 29.0 Å². The van der Waals surface area contributed by atoms with Crippen LogP contribution in [0.15, 0.2) is 18.2 Å². The van der Waals surface area contributed by atoms with Crippen molar-refractivity contribution >= 4 is 5.69 Å². The van der Waals surface area contributed by atoms with E-state index in [4.69, 9.17) is 9.47 Å². The Hall–Kier alpha value is -1.38. The standard InChI is InChI=1S/C15H21NO2/c1-17-14-6-5-12(9-15(14)18-2)16-13-8-10-3-4-11(13)7-10/h5-6,9-11,13,16H,3-4,7-8H2,1-2H3/t10-,11+,13+/m0/s1. The molecule has 0 spiro atoms. The number of benzene rings is 1. The number of methoxy groups -OCH3 is 2. The number of ether oxygens (including phenoxy) is 2. The first kappa shape index (κ1) is 11.7. The summed E-state index contributed by atoms with van der Waals surface area (Å²) in [5.41, 5.74) is 1.14. The van der Waals surface area contributed by atoms with E-state index in [-0.39, 0.29) is 0 Å². The third-order valence-corrected chi connectivity index (χ3v) is 4.47. The molecule has 18 heavy (non-hydrogen) atoms. The second-order valence-corrected chi connectivity index (χ2v) is 5.50. The predicted molar refractivity (Wildman–Crippen MR) is 72.4 cm³/mol. The van der Waals surface area contributed by atoms with Crippen LogP contribution < -0.4 is 14.8 Å². The fourth-order valence-electron chi connectivity index (χ4n) is 3.56. The van der Waals surface area contributed by atoms with E-state index in [2.05, 4.69) is 11.4 Å². The second kappa shape index (κ2) is 4.71. The van der Waals surface area contributed by atoms with Crippen LogP contribution in [0.2, 0.25) is 0 Å². The maximum Gasteiger partial charge on any atom is 0.162 e. The molecule has 0 heterocycles. The van der Waals surface area contributed by atoms with Crippen LogP contribution in [0.4, 0.5) is 5.69 Å². The lowest BCUT2D eigenvalue weighted by Crippen LogP contribution is -2.25. The van der Waals surface area contributed by atoms with Gasteiger partial charge in [-0.3, -0.25) is 0 Å². The molecule has 2 bridgehead atoms. The molecule has 2 saturated carbocycles. The number of nitrogens with one attached hydrogen (secondary N) is 1. The summed E-state index contributed by atoms with van der Waals surface area (Å²) in [5, 5.41) is 3.66. The first-order valence-corrected chi connectivity index (χ1v) is 6.78. The van der Waals surface area contributed by atoms with Crippen molar-refractivity contribution in [2.24, 2.45) is 11.8 Å². The highest BCUT2D eigenvalue weighted by molar-refractivity contribution is 5.55. The number of hydrogen-bond donors (Lipinski definition) is 1. The zero-order valence-corrected chi connectivity index (χ0v) is 11.1. The normalized spacial score (nSPS) is 29.3.